The van der Waals surface area contributed by atoms with Gasteiger partial charge in [0.25, 0.3) is 0 Å². The minimum atomic E-state index is -1.89. The van der Waals surface area contributed by atoms with Gasteiger partial charge in [-0.2, -0.15) is 0 Å². The molecule has 0 spiro atoms. The van der Waals surface area contributed by atoms with Crippen LogP contribution in [0.3, 0.4) is 0 Å². The Labute approximate surface area is 230 Å². The molecule has 0 aromatic carbocycles. The number of carbonyl (C=O) groups excluding carboxylic acids is 1. The van der Waals surface area contributed by atoms with Gasteiger partial charge in [-0.3, -0.25) is 4.79 Å². The molecule has 0 aliphatic carbocycles. The minimum absolute atomic E-state index is 0.0246. The Kier molecular flexibility index (Phi) is 16.8. The van der Waals surface area contributed by atoms with Gasteiger partial charge in [-0.1, -0.05) is 77.1 Å². The van der Waals surface area contributed by atoms with Crippen molar-refractivity contribution < 1.29 is 23.4 Å². The van der Waals surface area contributed by atoms with E-state index in [2.05, 4.69) is 83.3 Å². The SMILES string of the molecule is CCC(=O)O[C@H](CC[C@H](N)[C@H](C[C@@H](CC)O[Si](C)(C)C(C)(C)C)OC)[C@H](C)[C@H](OC)[C@H](C)/C=C/I. The molecule has 0 aliphatic rings. The average Bonchev–Trinajstić information content (AvgIpc) is 2.78. The first-order chi connectivity index (χ1) is 16.2. The van der Waals surface area contributed by atoms with Gasteiger partial charge in [0.2, 0.25) is 0 Å². The van der Waals surface area contributed by atoms with E-state index < -0.39 is 8.32 Å². The van der Waals surface area contributed by atoms with Crippen molar-refractivity contribution in [3.63, 3.8) is 0 Å². The molecule has 8 heteroatoms. The molecule has 0 amide bonds. The highest BCUT2D eigenvalue weighted by Gasteiger charge is 2.39. The average molecular weight is 628 g/mol. The molecule has 0 aromatic heterocycles. The fourth-order valence-electron chi connectivity index (χ4n) is 4.16. The first-order valence-corrected chi connectivity index (χ1v) is 17.3. The van der Waals surface area contributed by atoms with Crippen molar-refractivity contribution in [2.24, 2.45) is 17.6 Å². The number of hydrogen-bond acceptors (Lipinski definition) is 6. The van der Waals surface area contributed by atoms with Crippen LogP contribution < -0.4 is 5.73 Å². The largest absolute Gasteiger partial charge is 0.462 e. The Hall–Kier alpha value is -0.00312. The molecular formula is C27H54INO5Si. The van der Waals surface area contributed by atoms with Gasteiger partial charge in [-0.05, 0) is 41.5 Å². The third-order valence-corrected chi connectivity index (χ3v) is 12.6. The van der Waals surface area contributed by atoms with Gasteiger partial charge in [0, 0.05) is 51.0 Å². The lowest BCUT2D eigenvalue weighted by atomic mass is 9.86. The number of methoxy groups -OCH3 is 2. The smallest absolute Gasteiger partial charge is 0.305 e. The van der Waals surface area contributed by atoms with E-state index in [1.807, 2.05) is 11.0 Å². The Balaban J connectivity index is 5.41. The van der Waals surface area contributed by atoms with Crippen LogP contribution in [0.1, 0.15) is 80.6 Å². The molecule has 6 nitrogen and oxygen atoms in total. The van der Waals surface area contributed by atoms with E-state index in [4.69, 9.17) is 24.4 Å². The minimum Gasteiger partial charge on any atom is -0.462 e. The topological polar surface area (TPSA) is 80.0 Å². The van der Waals surface area contributed by atoms with Crippen LogP contribution in [-0.2, 0) is 23.4 Å². The molecule has 0 fully saturated rings. The Bertz CT molecular complexity index is 625. The summed E-state index contributed by atoms with van der Waals surface area (Å²) >= 11 is 2.22. The highest BCUT2D eigenvalue weighted by atomic mass is 127. The Morgan fingerprint density at radius 3 is 2.09 bits per heavy atom. The molecule has 0 rings (SSSR count). The summed E-state index contributed by atoms with van der Waals surface area (Å²) in [5.41, 5.74) is 6.66. The van der Waals surface area contributed by atoms with Crippen LogP contribution >= 0.6 is 22.6 Å². The summed E-state index contributed by atoms with van der Waals surface area (Å²) in [4.78, 5) is 12.2. The van der Waals surface area contributed by atoms with Gasteiger partial charge in [0.05, 0.1) is 12.2 Å². The molecule has 0 bridgehead atoms. The van der Waals surface area contributed by atoms with Crippen LogP contribution in [0.4, 0.5) is 0 Å². The summed E-state index contributed by atoms with van der Waals surface area (Å²) in [6, 6.07) is -0.181. The van der Waals surface area contributed by atoms with E-state index in [0.717, 1.165) is 12.8 Å². The van der Waals surface area contributed by atoms with Crippen molar-refractivity contribution in [3.8, 4) is 0 Å². The van der Waals surface area contributed by atoms with Crippen molar-refractivity contribution in [3.05, 3.63) is 10.2 Å². The van der Waals surface area contributed by atoms with E-state index in [9.17, 15) is 4.79 Å². The fraction of sp³-hybridized carbons (Fsp3) is 0.889. The van der Waals surface area contributed by atoms with Crippen molar-refractivity contribution in [1.82, 2.24) is 0 Å². The van der Waals surface area contributed by atoms with Gasteiger partial charge in [-0.15, -0.1) is 0 Å². The van der Waals surface area contributed by atoms with Crippen LogP contribution in [0.25, 0.3) is 0 Å². The summed E-state index contributed by atoms with van der Waals surface area (Å²) in [7, 11) is 1.56. The number of esters is 1. The maximum absolute atomic E-state index is 12.2. The van der Waals surface area contributed by atoms with E-state index in [1.54, 1.807) is 14.2 Å². The number of halogens is 1. The second-order valence-corrected chi connectivity index (χ2v) is 16.8. The van der Waals surface area contributed by atoms with E-state index in [0.29, 0.717) is 19.3 Å². The Morgan fingerprint density at radius 1 is 1.06 bits per heavy atom. The molecule has 0 aromatic rings. The number of hydrogen-bond donors (Lipinski definition) is 1. The zero-order valence-electron chi connectivity index (χ0n) is 24.2. The molecule has 35 heavy (non-hydrogen) atoms. The molecule has 2 N–H and O–H groups in total. The van der Waals surface area contributed by atoms with Gasteiger partial charge < -0.3 is 24.4 Å². The summed E-state index contributed by atoms with van der Waals surface area (Å²) in [5.74, 6) is 0.0315. The zero-order valence-corrected chi connectivity index (χ0v) is 27.4. The molecular weight excluding hydrogens is 573 g/mol. The van der Waals surface area contributed by atoms with Crippen molar-refractivity contribution >= 4 is 36.9 Å². The second-order valence-electron chi connectivity index (χ2n) is 11.3. The molecule has 0 saturated carbocycles. The maximum atomic E-state index is 12.2. The van der Waals surface area contributed by atoms with Crippen LogP contribution in [0, 0.1) is 11.8 Å². The second kappa shape index (κ2) is 16.8. The zero-order chi connectivity index (χ0) is 27.4. The highest BCUT2D eigenvalue weighted by molar-refractivity contribution is 14.1. The maximum Gasteiger partial charge on any atom is 0.305 e. The lowest BCUT2D eigenvalue weighted by Crippen LogP contribution is -2.46. The summed E-state index contributed by atoms with van der Waals surface area (Å²) in [5, 5.41) is 0.152. The molecule has 0 saturated heterocycles. The van der Waals surface area contributed by atoms with Crippen LogP contribution in [-0.4, -0.2) is 59.0 Å². The lowest BCUT2D eigenvalue weighted by molar-refractivity contribution is -0.155. The number of nitrogens with two attached hydrogens (primary N) is 1. The lowest BCUT2D eigenvalue weighted by Gasteiger charge is -2.40. The molecule has 0 aliphatic heterocycles. The first-order valence-electron chi connectivity index (χ1n) is 13.1. The third kappa shape index (κ3) is 11.9. The Morgan fingerprint density at radius 2 is 1.66 bits per heavy atom. The molecule has 0 heterocycles. The number of rotatable bonds is 17. The first kappa shape index (κ1) is 35.0. The van der Waals surface area contributed by atoms with Crippen LogP contribution in [0.5, 0.6) is 0 Å². The normalized spacial score (nSPS) is 19.1. The molecule has 0 radical (unpaired) electrons. The molecule has 208 valence electrons. The predicted octanol–water partition coefficient (Wildman–Crippen LogP) is 6.86. The molecule has 0 unspecified atom stereocenters. The number of carbonyl (C=O) groups is 1. The van der Waals surface area contributed by atoms with Gasteiger partial charge >= 0.3 is 5.97 Å². The van der Waals surface area contributed by atoms with E-state index in [-0.39, 0.29) is 53.3 Å². The van der Waals surface area contributed by atoms with Gasteiger partial charge in [0.15, 0.2) is 8.32 Å². The highest BCUT2D eigenvalue weighted by Crippen LogP contribution is 2.38. The fourth-order valence-corrected chi connectivity index (χ4v) is 6.27. The summed E-state index contributed by atoms with van der Waals surface area (Å²) in [6.45, 7) is 19.5. The van der Waals surface area contributed by atoms with Crippen molar-refractivity contribution in [2.75, 3.05) is 14.2 Å². The van der Waals surface area contributed by atoms with Crippen molar-refractivity contribution in [2.45, 2.75) is 129 Å². The monoisotopic (exact) mass is 627 g/mol. The van der Waals surface area contributed by atoms with Gasteiger partial charge in [0.1, 0.15) is 6.10 Å². The van der Waals surface area contributed by atoms with Crippen LogP contribution in [0.15, 0.2) is 10.2 Å². The number of ether oxygens (including phenoxy) is 3. The third-order valence-electron chi connectivity index (χ3n) is 7.63. The quantitative estimate of drug-likeness (QED) is 0.108. The van der Waals surface area contributed by atoms with E-state index in [1.165, 1.54) is 0 Å². The summed E-state index contributed by atoms with van der Waals surface area (Å²) < 4.78 is 26.2. The van der Waals surface area contributed by atoms with Crippen LogP contribution in [0.2, 0.25) is 18.1 Å². The molecule has 7 atom stereocenters. The van der Waals surface area contributed by atoms with Gasteiger partial charge in [-0.25, -0.2) is 0 Å². The van der Waals surface area contributed by atoms with E-state index >= 15 is 0 Å². The standard InChI is InChI=1S/C27H54INO5Si/c1-12-21(34-35(10,11)27(5,6)7)18-24(31-8)22(29)14-15-23(33-25(30)13-2)20(4)26(32-9)19(3)16-17-28/h16-17,19-24,26H,12-15,18,29H2,1-11H3/b17-16+/t19-,20+,21-,22+,23-,24+,26-/m1/s1. The van der Waals surface area contributed by atoms with Crippen molar-refractivity contribution in [1.29, 1.82) is 0 Å². The predicted molar refractivity (Wildman–Crippen MR) is 157 cm³/mol. The summed E-state index contributed by atoms with van der Waals surface area (Å²) in [6.07, 6.45) is 5.14.